The molecule has 100 valence electrons. The zero-order valence-corrected chi connectivity index (χ0v) is 11.5. The number of anilines is 1. The third-order valence-electron chi connectivity index (χ3n) is 2.79. The Balaban J connectivity index is 1.82. The summed E-state index contributed by atoms with van der Waals surface area (Å²) in [5, 5.41) is 12.4. The van der Waals surface area contributed by atoms with Crippen molar-refractivity contribution in [3.05, 3.63) is 5.01 Å². The maximum absolute atomic E-state index is 11.8. The number of hydrogen-bond acceptors (Lipinski definition) is 5. The van der Waals surface area contributed by atoms with Crippen molar-refractivity contribution in [3.8, 4) is 0 Å². The first-order valence-electron chi connectivity index (χ1n) is 6.19. The molecule has 2 N–H and O–H groups in total. The highest BCUT2D eigenvalue weighted by Crippen LogP contribution is 2.21. The Bertz CT molecular complexity index is 402. The van der Waals surface area contributed by atoms with Gasteiger partial charge in [0.05, 0.1) is 13.2 Å². The van der Waals surface area contributed by atoms with E-state index < -0.39 is 0 Å². The number of nitrogens with zero attached hydrogens (tertiary/aromatic N) is 2. The molecule has 2 rings (SSSR count). The van der Waals surface area contributed by atoms with Gasteiger partial charge < -0.3 is 9.64 Å². The Morgan fingerprint density at radius 3 is 2.78 bits per heavy atom. The third kappa shape index (κ3) is 3.72. The molecule has 1 amide bonds. The van der Waals surface area contributed by atoms with Crippen LogP contribution in [0.3, 0.4) is 0 Å². The summed E-state index contributed by atoms with van der Waals surface area (Å²) < 4.78 is 5.26. The number of aromatic nitrogens is 2. The van der Waals surface area contributed by atoms with Crippen molar-refractivity contribution in [2.45, 2.75) is 19.8 Å². The first kappa shape index (κ1) is 13.4. The molecule has 1 aliphatic heterocycles. The van der Waals surface area contributed by atoms with E-state index in [1.165, 1.54) is 16.2 Å². The molecule has 0 bridgehead atoms. The molecule has 18 heavy (non-hydrogen) atoms. The SMILES string of the molecule is CC(C)c1nnc(NC(=O)C[NH+]2CCOCC2)s1. The van der Waals surface area contributed by atoms with Crippen molar-refractivity contribution in [1.82, 2.24) is 10.2 Å². The molecule has 7 heteroatoms. The van der Waals surface area contributed by atoms with Crippen molar-refractivity contribution < 1.29 is 14.4 Å². The second kappa shape index (κ2) is 6.21. The summed E-state index contributed by atoms with van der Waals surface area (Å²) in [7, 11) is 0. The van der Waals surface area contributed by atoms with Crippen molar-refractivity contribution >= 4 is 22.4 Å². The van der Waals surface area contributed by atoms with Crippen LogP contribution < -0.4 is 10.2 Å². The molecule has 1 aromatic rings. The van der Waals surface area contributed by atoms with Gasteiger partial charge in [0, 0.05) is 5.92 Å². The average Bonchev–Trinajstić information content (AvgIpc) is 2.78. The fourth-order valence-electron chi connectivity index (χ4n) is 1.75. The van der Waals surface area contributed by atoms with Crippen molar-refractivity contribution in [2.75, 3.05) is 38.2 Å². The van der Waals surface area contributed by atoms with Crippen LogP contribution in [0.2, 0.25) is 0 Å². The highest BCUT2D eigenvalue weighted by atomic mass is 32.1. The van der Waals surface area contributed by atoms with E-state index in [9.17, 15) is 4.79 Å². The van der Waals surface area contributed by atoms with Crippen LogP contribution >= 0.6 is 11.3 Å². The molecule has 0 atom stereocenters. The summed E-state index contributed by atoms with van der Waals surface area (Å²) in [6, 6.07) is 0. The number of amides is 1. The number of quaternary nitrogens is 1. The molecule has 1 aromatic heterocycles. The number of morpholine rings is 1. The summed E-state index contributed by atoms with van der Waals surface area (Å²) in [4.78, 5) is 13.1. The summed E-state index contributed by atoms with van der Waals surface area (Å²) in [5.41, 5.74) is 0. The number of carbonyl (C=O) groups excluding carboxylic acids is 1. The molecule has 6 nitrogen and oxygen atoms in total. The van der Waals surface area contributed by atoms with Gasteiger partial charge in [0.25, 0.3) is 5.91 Å². The van der Waals surface area contributed by atoms with Gasteiger partial charge in [0.2, 0.25) is 5.13 Å². The molecule has 1 fully saturated rings. The number of carbonyl (C=O) groups is 1. The van der Waals surface area contributed by atoms with E-state index in [0.717, 1.165) is 31.3 Å². The highest BCUT2D eigenvalue weighted by molar-refractivity contribution is 7.15. The molecule has 2 heterocycles. The maximum atomic E-state index is 11.8. The smallest absolute Gasteiger partial charge is 0.281 e. The Hall–Kier alpha value is -1.05. The normalized spacial score (nSPS) is 17.1. The van der Waals surface area contributed by atoms with Gasteiger partial charge in [-0.25, -0.2) is 0 Å². The van der Waals surface area contributed by atoms with Gasteiger partial charge in [0.15, 0.2) is 6.54 Å². The van der Waals surface area contributed by atoms with Gasteiger partial charge >= 0.3 is 0 Å². The van der Waals surface area contributed by atoms with E-state index >= 15 is 0 Å². The first-order chi connectivity index (χ1) is 8.65. The largest absolute Gasteiger partial charge is 0.370 e. The molecule has 0 aromatic carbocycles. The Morgan fingerprint density at radius 1 is 1.44 bits per heavy atom. The minimum absolute atomic E-state index is 0.00152. The van der Waals surface area contributed by atoms with Crippen LogP contribution in [0, 0.1) is 0 Å². The van der Waals surface area contributed by atoms with Crippen molar-refractivity contribution in [3.63, 3.8) is 0 Å². The number of ether oxygens (including phenoxy) is 1. The van der Waals surface area contributed by atoms with E-state index in [2.05, 4.69) is 29.4 Å². The fourth-order valence-corrected chi connectivity index (χ4v) is 2.51. The van der Waals surface area contributed by atoms with Crippen molar-refractivity contribution in [1.29, 1.82) is 0 Å². The van der Waals surface area contributed by atoms with Crippen LogP contribution in [0.4, 0.5) is 5.13 Å². The topological polar surface area (TPSA) is 68.5 Å². The lowest BCUT2D eigenvalue weighted by Gasteiger charge is -2.22. The highest BCUT2D eigenvalue weighted by Gasteiger charge is 2.18. The van der Waals surface area contributed by atoms with Crippen LogP contribution in [-0.4, -0.2) is 49.0 Å². The van der Waals surface area contributed by atoms with Gasteiger partial charge in [-0.1, -0.05) is 25.2 Å². The molecule has 1 saturated heterocycles. The van der Waals surface area contributed by atoms with Crippen molar-refractivity contribution in [2.24, 2.45) is 0 Å². The molecule has 0 aliphatic carbocycles. The minimum Gasteiger partial charge on any atom is -0.370 e. The zero-order valence-electron chi connectivity index (χ0n) is 10.7. The lowest BCUT2D eigenvalue weighted by molar-refractivity contribution is -0.899. The van der Waals surface area contributed by atoms with Gasteiger partial charge in [0.1, 0.15) is 18.1 Å². The van der Waals surface area contributed by atoms with Crippen LogP contribution in [0.1, 0.15) is 24.8 Å². The lowest BCUT2D eigenvalue weighted by atomic mass is 10.2. The predicted octanol–water partition coefficient (Wildman–Crippen LogP) is -0.485. The number of rotatable bonds is 4. The van der Waals surface area contributed by atoms with E-state index in [-0.39, 0.29) is 5.91 Å². The number of nitrogens with one attached hydrogen (secondary N) is 2. The van der Waals surface area contributed by atoms with E-state index in [1.807, 2.05) is 0 Å². The van der Waals surface area contributed by atoms with Gasteiger partial charge in [-0.15, -0.1) is 10.2 Å². The molecule has 0 unspecified atom stereocenters. The summed E-state index contributed by atoms with van der Waals surface area (Å²) in [6.07, 6.45) is 0. The summed E-state index contributed by atoms with van der Waals surface area (Å²) >= 11 is 1.44. The van der Waals surface area contributed by atoms with Gasteiger partial charge in [-0.3, -0.25) is 10.1 Å². The third-order valence-corrected chi connectivity index (χ3v) is 3.93. The van der Waals surface area contributed by atoms with Gasteiger partial charge in [-0.2, -0.15) is 0 Å². The van der Waals surface area contributed by atoms with Crippen LogP contribution in [-0.2, 0) is 9.53 Å². The quantitative estimate of drug-likeness (QED) is 0.776. The first-order valence-corrected chi connectivity index (χ1v) is 7.01. The van der Waals surface area contributed by atoms with Crippen LogP contribution in [0.15, 0.2) is 0 Å². The Labute approximate surface area is 110 Å². The summed E-state index contributed by atoms with van der Waals surface area (Å²) in [6.45, 7) is 7.84. The average molecular weight is 271 g/mol. The Kier molecular flexibility index (Phi) is 4.62. The Morgan fingerprint density at radius 2 is 2.17 bits per heavy atom. The zero-order chi connectivity index (χ0) is 13.0. The standard InChI is InChI=1S/C11H18N4O2S/c1-8(2)10-13-14-11(18-10)12-9(16)7-15-3-5-17-6-4-15/h8H,3-7H2,1-2H3,(H,12,14,16)/p+1. The fraction of sp³-hybridized carbons (Fsp3) is 0.727. The maximum Gasteiger partial charge on any atom is 0.281 e. The van der Waals surface area contributed by atoms with Crippen LogP contribution in [0.5, 0.6) is 0 Å². The second-order valence-corrected chi connectivity index (χ2v) is 5.70. The molecule has 0 spiro atoms. The van der Waals surface area contributed by atoms with E-state index in [4.69, 9.17) is 4.74 Å². The van der Waals surface area contributed by atoms with Crippen LogP contribution in [0.25, 0.3) is 0 Å². The monoisotopic (exact) mass is 271 g/mol. The molecule has 1 aliphatic rings. The lowest BCUT2D eigenvalue weighted by Crippen LogP contribution is -3.15. The molecular weight excluding hydrogens is 252 g/mol. The predicted molar refractivity (Wildman–Crippen MR) is 69.0 cm³/mol. The molecular formula is C11H19N4O2S+. The second-order valence-electron chi connectivity index (χ2n) is 4.69. The van der Waals surface area contributed by atoms with E-state index in [0.29, 0.717) is 17.6 Å². The molecule has 0 saturated carbocycles. The summed E-state index contributed by atoms with van der Waals surface area (Å²) in [5.74, 6) is 0.344. The minimum atomic E-state index is -0.00152. The van der Waals surface area contributed by atoms with Gasteiger partial charge in [-0.05, 0) is 0 Å². The number of hydrogen-bond donors (Lipinski definition) is 2. The van der Waals surface area contributed by atoms with E-state index in [1.54, 1.807) is 0 Å². The molecule has 0 radical (unpaired) electrons.